The minimum atomic E-state index is -4.96. The molecule has 0 saturated carbocycles. The van der Waals surface area contributed by atoms with E-state index in [2.05, 4.69) is 20.9 Å². The fourth-order valence-corrected chi connectivity index (χ4v) is 3.75. The number of carbonyl (C=O) groups is 1. The van der Waals surface area contributed by atoms with Crippen LogP contribution in [0, 0.1) is 6.92 Å². The summed E-state index contributed by atoms with van der Waals surface area (Å²) in [5.41, 5.74) is 2.28. The predicted octanol–water partition coefficient (Wildman–Crippen LogP) is 6.24. The van der Waals surface area contributed by atoms with Crippen LogP contribution in [0.1, 0.15) is 5.56 Å². The third kappa shape index (κ3) is 3.37. The van der Waals surface area contributed by atoms with Crippen molar-refractivity contribution >= 4 is 49.4 Å². The van der Waals surface area contributed by atoms with Crippen LogP contribution in [0.4, 0.5) is 18.9 Å². The highest BCUT2D eigenvalue weighted by atomic mass is 79.9. The van der Waals surface area contributed by atoms with Gasteiger partial charge in [0.25, 0.3) is 0 Å². The summed E-state index contributed by atoms with van der Waals surface area (Å²) in [4.78, 5) is 16.6. The van der Waals surface area contributed by atoms with Gasteiger partial charge in [0.05, 0.1) is 0 Å². The van der Waals surface area contributed by atoms with Gasteiger partial charge in [-0.25, -0.2) is 4.98 Å². The minimum absolute atomic E-state index is 0.0952. The molecule has 1 aromatic heterocycles. The Bertz CT molecular complexity index is 1260. The van der Waals surface area contributed by atoms with Crippen LogP contribution in [0.2, 0.25) is 0 Å². The van der Waals surface area contributed by atoms with E-state index >= 15 is 0 Å². The van der Waals surface area contributed by atoms with E-state index < -0.39 is 12.1 Å². The first-order valence-corrected chi connectivity index (χ1v) is 9.40. The van der Waals surface area contributed by atoms with Crippen LogP contribution in [0.25, 0.3) is 33.3 Å². The zero-order chi connectivity index (χ0) is 20.9. The average Bonchev–Trinajstić information content (AvgIpc) is 3.10. The first kappa shape index (κ1) is 19.4. The number of hydrogen-bond acceptors (Lipinski definition) is 3. The van der Waals surface area contributed by atoms with E-state index in [1.807, 2.05) is 36.4 Å². The summed E-state index contributed by atoms with van der Waals surface area (Å²) in [5.74, 6) is -1.59. The van der Waals surface area contributed by atoms with E-state index in [0.29, 0.717) is 27.5 Å². The molecule has 148 valence electrons. The Morgan fingerprint density at radius 3 is 2.52 bits per heavy atom. The van der Waals surface area contributed by atoms with Crippen LogP contribution < -0.4 is 4.90 Å². The molecule has 4 rings (SSSR count). The van der Waals surface area contributed by atoms with Gasteiger partial charge in [-0.15, -0.1) is 0 Å². The van der Waals surface area contributed by atoms with Gasteiger partial charge in [-0.3, -0.25) is 4.79 Å². The lowest BCUT2D eigenvalue weighted by atomic mass is 10.0. The maximum absolute atomic E-state index is 12.8. The lowest BCUT2D eigenvalue weighted by Crippen LogP contribution is -2.38. The largest absolute Gasteiger partial charge is 0.471 e. The van der Waals surface area contributed by atoms with E-state index in [0.717, 1.165) is 27.9 Å². The smallest absolute Gasteiger partial charge is 0.436 e. The zero-order valence-corrected chi connectivity index (χ0v) is 16.9. The van der Waals surface area contributed by atoms with Crippen molar-refractivity contribution in [3.05, 3.63) is 58.6 Å². The van der Waals surface area contributed by atoms with Gasteiger partial charge in [0.15, 0.2) is 5.58 Å². The van der Waals surface area contributed by atoms with Gasteiger partial charge in [0, 0.05) is 22.8 Å². The van der Waals surface area contributed by atoms with E-state index in [9.17, 15) is 18.0 Å². The Kier molecular flexibility index (Phi) is 4.61. The number of anilines is 1. The maximum Gasteiger partial charge on any atom is 0.471 e. The molecule has 1 amide bonds. The summed E-state index contributed by atoms with van der Waals surface area (Å²) in [6.07, 6.45) is -4.96. The molecule has 0 saturated heterocycles. The average molecular weight is 463 g/mol. The number of fused-ring (bicyclic) bond motifs is 2. The van der Waals surface area contributed by atoms with E-state index in [4.69, 9.17) is 4.42 Å². The van der Waals surface area contributed by atoms with E-state index in [1.54, 1.807) is 6.92 Å². The van der Waals surface area contributed by atoms with Crippen molar-refractivity contribution in [2.75, 3.05) is 11.9 Å². The number of alkyl halides is 3. The summed E-state index contributed by atoms with van der Waals surface area (Å²) >= 11 is 3.52. The molecule has 0 atom stereocenters. The number of carbonyl (C=O) groups excluding carboxylic acids is 1. The molecule has 0 aliphatic heterocycles. The molecule has 0 spiro atoms. The lowest BCUT2D eigenvalue weighted by molar-refractivity contribution is -0.170. The molecule has 3 aromatic carbocycles. The number of aryl methyl sites for hydroxylation is 1. The van der Waals surface area contributed by atoms with Crippen molar-refractivity contribution in [3.63, 3.8) is 0 Å². The van der Waals surface area contributed by atoms with Crippen molar-refractivity contribution in [1.82, 2.24) is 4.98 Å². The second-order valence-corrected chi connectivity index (χ2v) is 7.49. The van der Waals surface area contributed by atoms with Crippen molar-refractivity contribution in [2.45, 2.75) is 13.1 Å². The van der Waals surface area contributed by atoms with Crippen LogP contribution in [0.5, 0.6) is 0 Å². The second kappa shape index (κ2) is 6.88. The summed E-state index contributed by atoms with van der Waals surface area (Å²) in [7, 11) is 1.08. The predicted molar refractivity (Wildman–Crippen MR) is 109 cm³/mol. The second-order valence-electron chi connectivity index (χ2n) is 6.63. The Morgan fingerprint density at radius 1 is 1.10 bits per heavy atom. The summed E-state index contributed by atoms with van der Waals surface area (Å²) in [6, 6.07) is 14.4. The maximum atomic E-state index is 12.8. The Balaban J connectivity index is 1.85. The molecule has 4 nitrogen and oxygen atoms in total. The van der Waals surface area contributed by atoms with Gasteiger partial charge < -0.3 is 9.32 Å². The van der Waals surface area contributed by atoms with Gasteiger partial charge in [-0.05, 0) is 47.5 Å². The van der Waals surface area contributed by atoms with Crippen LogP contribution >= 0.6 is 15.9 Å². The molecule has 0 aliphatic carbocycles. The first-order chi connectivity index (χ1) is 13.7. The van der Waals surface area contributed by atoms with Gasteiger partial charge in [-0.1, -0.05) is 40.2 Å². The first-order valence-electron chi connectivity index (χ1n) is 8.60. The number of aromatic nitrogens is 1. The molecule has 0 radical (unpaired) electrons. The van der Waals surface area contributed by atoms with Gasteiger partial charge >= 0.3 is 12.1 Å². The molecular weight excluding hydrogens is 449 g/mol. The van der Waals surface area contributed by atoms with Crippen LogP contribution in [-0.4, -0.2) is 24.1 Å². The fraction of sp³-hybridized carbons (Fsp3) is 0.143. The fourth-order valence-electron chi connectivity index (χ4n) is 3.26. The quantitative estimate of drug-likeness (QED) is 0.354. The lowest BCUT2D eigenvalue weighted by Gasteiger charge is -2.19. The third-order valence-corrected chi connectivity index (χ3v) is 5.39. The normalized spacial score (nSPS) is 11.9. The van der Waals surface area contributed by atoms with E-state index in [1.165, 1.54) is 12.1 Å². The van der Waals surface area contributed by atoms with Crippen molar-refractivity contribution in [1.29, 1.82) is 0 Å². The van der Waals surface area contributed by atoms with Gasteiger partial charge in [0.1, 0.15) is 5.52 Å². The highest BCUT2D eigenvalue weighted by Crippen LogP contribution is 2.35. The highest BCUT2D eigenvalue weighted by molar-refractivity contribution is 9.10. The molecule has 0 aliphatic rings. The third-order valence-electron chi connectivity index (χ3n) is 4.69. The summed E-state index contributed by atoms with van der Waals surface area (Å²) in [5, 5.41) is 1.91. The Labute approximate surface area is 172 Å². The highest BCUT2D eigenvalue weighted by Gasteiger charge is 2.41. The number of rotatable bonds is 2. The Hall–Kier alpha value is -2.87. The summed E-state index contributed by atoms with van der Waals surface area (Å²) < 4.78 is 45.2. The molecule has 29 heavy (non-hydrogen) atoms. The minimum Gasteiger partial charge on any atom is -0.436 e. The van der Waals surface area contributed by atoms with Crippen molar-refractivity contribution in [2.24, 2.45) is 0 Å². The zero-order valence-electron chi connectivity index (χ0n) is 15.3. The number of oxazole rings is 1. The van der Waals surface area contributed by atoms with Gasteiger partial charge in [-0.2, -0.15) is 13.2 Å². The van der Waals surface area contributed by atoms with Crippen LogP contribution in [-0.2, 0) is 4.79 Å². The molecule has 0 unspecified atom stereocenters. The van der Waals surface area contributed by atoms with E-state index in [-0.39, 0.29) is 5.69 Å². The molecule has 8 heteroatoms. The molecule has 0 bridgehead atoms. The number of nitrogens with zero attached hydrogens (tertiary/aromatic N) is 2. The van der Waals surface area contributed by atoms with Gasteiger partial charge in [0.2, 0.25) is 5.89 Å². The van der Waals surface area contributed by atoms with Crippen molar-refractivity contribution in [3.8, 4) is 11.5 Å². The van der Waals surface area contributed by atoms with Crippen LogP contribution in [0.3, 0.4) is 0 Å². The molecule has 1 heterocycles. The monoisotopic (exact) mass is 462 g/mol. The molecule has 4 aromatic rings. The number of halogens is 4. The topological polar surface area (TPSA) is 46.3 Å². The molecule has 0 fully saturated rings. The number of hydrogen-bond donors (Lipinski definition) is 0. The standard InChI is InChI=1S/C21H14BrF3N2O2/c1-11-9-12(27(2)20(28)21(23,24)25)10-17-18(11)29-19(26-17)15-7-3-6-14-13(15)5-4-8-16(14)22/h3-10H,1-2H3. The number of amides is 1. The van der Waals surface area contributed by atoms with Crippen molar-refractivity contribution < 1.29 is 22.4 Å². The number of benzene rings is 3. The van der Waals surface area contributed by atoms with Crippen LogP contribution in [0.15, 0.2) is 57.4 Å². The Morgan fingerprint density at radius 2 is 1.79 bits per heavy atom. The molecule has 0 N–H and O–H groups in total. The molecular formula is C21H14BrF3N2O2. The SMILES string of the molecule is Cc1cc(N(C)C(=O)C(F)(F)F)cc2nc(-c3cccc4c(Br)cccc34)oc12. The summed E-state index contributed by atoms with van der Waals surface area (Å²) in [6.45, 7) is 1.70.